The topological polar surface area (TPSA) is 22.2 Å². The van der Waals surface area contributed by atoms with E-state index in [9.17, 15) is 0 Å². The lowest BCUT2D eigenvalue weighted by Gasteiger charge is -2.47. The molecule has 4 aromatic carbocycles. The van der Waals surface area contributed by atoms with E-state index in [1.54, 1.807) is 0 Å². The van der Waals surface area contributed by atoms with Crippen LogP contribution in [0.5, 0.6) is 11.5 Å². The minimum Gasteiger partial charge on any atom is -0.457 e. The molecule has 0 aromatic heterocycles. The molecule has 0 unspecified atom stereocenters. The highest BCUT2D eigenvalue weighted by atomic mass is 16.5. The normalized spacial score (nSPS) is 17.1. The molecule has 2 aliphatic rings. The number of hydrogen-bond acceptors (Lipinski definition) is 5. The fourth-order valence-corrected chi connectivity index (χ4v) is 5.19. The highest BCUT2D eigenvalue weighted by Gasteiger charge is 2.37. The number of ether oxygens (including phenoxy) is 1. The van der Waals surface area contributed by atoms with E-state index < -0.39 is 0 Å². The first-order chi connectivity index (χ1) is 17.4. The van der Waals surface area contributed by atoms with Crippen LogP contribution in [0, 0.1) is 0 Å². The van der Waals surface area contributed by atoms with Crippen LogP contribution in [-0.2, 0) is 5.54 Å². The van der Waals surface area contributed by atoms with Crippen molar-refractivity contribution >= 4 is 27.8 Å². The van der Waals surface area contributed by atoms with Gasteiger partial charge in [0.25, 0.3) is 0 Å². The Hall–Kier alpha value is -3.96. The van der Waals surface area contributed by atoms with Crippen molar-refractivity contribution in [1.82, 2.24) is 9.80 Å². The van der Waals surface area contributed by atoms with Gasteiger partial charge < -0.3 is 19.4 Å². The molecule has 0 saturated carbocycles. The molecule has 5 heteroatoms. The fourth-order valence-electron chi connectivity index (χ4n) is 5.19. The molecular formula is C31H32N4O. The highest BCUT2D eigenvalue weighted by Crippen LogP contribution is 2.46. The van der Waals surface area contributed by atoms with E-state index in [-0.39, 0.29) is 5.54 Å². The van der Waals surface area contributed by atoms with Gasteiger partial charge >= 0.3 is 0 Å². The average molecular weight is 477 g/mol. The minimum atomic E-state index is -0.0670. The van der Waals surface area contributed by atoms with E-state index in [0.29, 0.717) is 0 Å². The number of benzene rings is 4. The monoisotopic (exact) mass is 476 g/mol. The average Bonchev–Trinajstić information content (AvgIpc) is 3.32. The molecule has 2 aliphatic heterocycles. The molecule has 5 nitrogen and oxygen atoms in total. The highest BCUT2D eigenvalue weighted by molar-refractivity contribution is 5.98. The molecule has 4 aromatic rings. The molecule has 2 heterocycles. The number of rotatable bonds is 4. The summed E-state index contributed by atoms with van der Waals surface area (Å²) >= 11 is 0. The Morgan fingerprint density at radius 1 is 0.722 bits per heavy atom. The second-order valence-corrected chi connectivity index (χ2v) is 10.3. The van der Waals surface area contributed by atoms with Gasteiger partial charge in [-0.1, -0.05) is 48.5 Å². The van der Waals surface area contributed by atoms with E-state index in [4.69, 9.17) is 4.74 Å². The van der Waals surface area contributed by atoms with Crippen LogP contribution in [-0.4, -0.2) is 37.2 Å². The van der Waals surface area contributed by atoms with Gasteiger partial charge in [0.15, 0.2) is 0 Å². The SMILES string of the molecule is CN1C=CN(c2cccc(Oc3cccc(N4CN(C)C(C)(C)c5ccc6ccccc6c54)c3)c2)C1. The van der Waals surface area contributed by atoms with Crippen LogP contribution in [0.2, 0.25) is 0 Å². The zero-order chi connectivity index (χ0) is 24.9. The molecule has 36 heavy (non-hydrogen) atoms. The summed E-state index contributed by atoms with van der Waals surface area (Å²) < 4.78 is 6.38. The van der Waals surface area contributed by atoms with Crippen molar-refractivity contribution in [2.75, 3.05) is 37.2 Å². The first-order valence-corrected chi connectivity index (χ1v) is 12.4. The van der Waals surface area contributed by atoms with Crippen molar-refractivity contribution in [3.05, 3.63) is 103 Å². The number of nitrogens with zero attached hydrogens (tertiary/aromatic N) is 4. The van der Waals surface area contributed by atoms with Crippen LogP contribution in [0.15, 0.2) is 97.3 Å². The summed E-state index contributed by atoms with van der Waals surface area (Å²) in [7, 11) is 4.27. The van der Waals surface area contributed by atoms with Crippen LogP contribution < -0.4 is 14.5 Å². The summed E-state index contributed by atoms with van der Waals surface area (Å²) in [6.07, 6.45) is 4.17. The Labute approximate surface area is 213 Å². The van der Waals surface area contributed by atoms with E-state index in [0.717, 1.165) is 36.2 Å². The van der Waals surface area contributed by atoms with Crippen molar-refractivity contribution < 1.29 is 4.74 Å². The van der Waals surface area contributed by atoms with Crippen LogP contribution in [0.4, 0.5) is 17.1 Å². The molecule has 0 atom stereocenters. The Morgan fingerprint density at radius 3 is 2.19 bits per heavy atom. The maximum absolute atomic E-state index is 6.38. The zero-order valence-electron chi connectivity index (χ0n) is 21.3. The van der Waals surface area contributed by atoms with Gasteiger partial charge in [-0.15, -0.1) is 0 Å². The first-order valence-electron chi connectivity index (χ1n) is 12.4. The first kappa shape index (κ1) is 22.5. The van der Waals surface area contributed by atoms with Crippen molar-refractivity contribution in [3.8, 4) is 11.5 Å². The largest absolute Gasteiger partial charge is 0.457 e. The van der Waals surface area contributed by atoms with Gasteiger partial charge in [0.2, 0.25) is 0 Å². The molecule has 0 amide bonds. The van der Waals surface area contributed by atoms with E-state index in [1.807, 2.05) is 18.2 Å². The van der Waals surface area contributed by atoms with Crippen LogP contribution in [0.25, 0.3) is 10.8 Å². The van der Waals surface area contributed by atoms with Gasteiger partial charge in [-0.2, -0.15) is 0 Å². The smallest absolute Gasteiger partial charge is 0.129 e. The molecular weight excluding hydrogens is 444 g/mol. The van der Waals surface area contributed by atoms with Gasteiger partial charge in [-0.25, -0.2) is 0 Å². The maximum atomic E-state index is 6.38. The molecule has 182 valence electrons. The third-order valence-corrected chi connectivity index (χ3v) is 7.53. The molecule has 0 fully saturated rings. The third kappa shape index (κ3) is 3.86. The van der Waals surface area contributed by atoms with Crippen LogP contribution in [0.3, 0.4) is 0 Å². The summed E-state index contributed by atoms with van der Waals surface area (Å²) in [6, 6.07) is 29.9. The fraction of sp³-hybridized carbons (Fsp3) is 0.226. The zero-order valence-corrected chi connectivity index (χ0v) is 21.3. The number of anilines is 3. The van der Waals surface area contributed by atoms with Gasteiger partial charge in [-0.05, 0) is 56.1 Å². The Morgan fingerprint density at radius 2 is 1.44 bits per heavy atom. The summed E-state index contributed by atoms with van der Waals surface area (Å²) in [5.41, 5.74) is 4.78. The van der Waals surface area contributed by atoms with Crippen molar-refractivity contribution in [2.45, 2.75) is 19.4 Å². The second-order valence-electron chi connectivity index (χ2n) is 10.3. The van der Waals surface area contributed by atoms with Gasteiger partial charge in [0.05, 0.1) is 19.0 Å². The minimum absolute atomic E-state index is 0.0670. The standard InChI is InChI=1S/C31H32N4O/c1-31(2)29-16-15-23-9-5-6-14-28(23)30(29)35(22-33(31)4)25-11-8-13-27(20-25)36-26-12-7-10-24(19-26)34-18-17-32(3)21-34/h5-20H,21-22H2,1-4H3. The molecule has 0 bridgehead atoms. The van der Waals surface area contributed by atoms with E-state index in [1.165, 1.54) is 22.0 Å². The van der Waals surface area contributed by atoms with E-state index in [2.05, 4.69) is 127 Å². The molecule has 0 aliphatic carbocycles. The summed E-state index contributed by atoms with van der Waals surface area (Å²) in [6.45, 7) is 6.24. The van der Waals surface area contributed by atoms with Gasteiger partial charge in [-0.3, -0.25) is 4.90 Å². The molecule has 0 N–H and O–H groups in total. The molecule has 0 saturated heterocycles. The lowest BCUT2D eigenvalue weighted by atomic mass is 9.86. The lowest BCUT2D eigenvalue weighted by Crippen LogP contribution is -2.49. The van der Waals surface area contributed by atoms with E-state index >= 15 is 0 Å². The van der Waals surface area contributed by atoms with Crippen LogP contribution in [0.1, 0.15) is 19.4 Å². The number of hydrogen-bond donors (Lipinski definition) is 0. The Kier molecular flexibility index (Phi) is 5.38. The predicted molar refractivity (Wildman–Crippen MR) is 149 cm³/mol. The molecule has 0 radical (unpaired) electrons. The Balaban J connectivity index is 1.36. The maximum Gasteiger partial charge on any atom is 0.129 e. The Bertz CT molecular complexity index is 1460. The molecule has 0 spiro atoms. The summed E-state index contributed by atoms with van der Waals surface area (Å²) in [4.78, 5) is 9.17. The summed E-state index contributed by atoms with van der Waals surface area (Å²) in [5, 5.41) is 2.53. The van der Waals surface area contributed by atoms with Crippen LogP contribution >= 0.6 is 0 Å². The van der Waals surface area contributed by atoms with Crippen molar-refractivity contribution in [1.29, 1.82) is 0 Å². The van der Waals surface area contributed by atoms with Gasteiger partial charge in [0.1, 0.15) is 11.5 Å². The predicted octanol–water partition coefficient (Wildman–Crippen LogP) is 7.09. The summed E-state index contributed by atoms with van der Waals surface area (Å²) in [5.74, 6) is 1.66. The number of fused-ring (bicyclic) bond motifs is 3. The van der Waals surface area contributed by atoms with Crippen molar-refractivity contribution in [3.63, 3.8) is 0 Å². The molecule has 6 rings (SSSR count). The quantitative estimate of drug-likeness (QED) is 0.313. The second kappa shape index (κ2) is 8.61. The van der Waals surface area contributed by atoms with Crippen molar-refractivity contribution in [2.24, 2.45) is 0 Å². The third-order valence-electron chi connectivity index (χ3n) is 7.53. The lowest BCUT2D eigenvalue weighted by molar-refractivity contribution is 0.150. The van der Waals surface area contributed by atoms with Gasteiger partial charge in [0, 0.05) is 53.9 Å².